The number of fused-ring (bicyclic) bond motifs is 2. The topological polar surface area (TPSA) is 88.6 Å². The van der Waals surface area contributed by atoms with E-state index in [1.165, 1.54) is 25.6 Å². The van der Waals surface area contributed by atoms with Crippen LogP contribution in [0.15, 0.2) is 30.6 Å². The van der Waals surface area contributed by atoms with Crippen molar-refractivity contribution in [3.63, 3.8) is 0 Å². The summed E-state index contributed by atoms with van der Waals surface area (Å²) in [7, 11) is 1.53. The summed E-state index contributed by atoms with van der Waals surface area (Å²) in [6.45, 7) is 1.97. The molecule has 0 saturated carbocycles. The molecule has 2 aliphatic heterocycles. The molecular formula is C24H24Cl2FN5O3. The maximum absolute atomic E-state index is 14.6. The van der Waals surface area contributed by atoms with E-state index in [4.69, 9.17) is 32.7 Å². The molecule has 0 aliphatic carbocycles. The maximum Gasteiger partial charge on any atom is 0.237 e. The van der Waals surface area contributed by atoms with Crippen molar-refractivity contribution in [3.8, 4) is 11.5 Å². The van der Waals surface area contributed by atoms with Crippen LogP contribution < -0.4 is 20.1 Å². The van der Waals surface area contributed by atoms with Crippen LogP contribution in [0.1, 0.15) is 19.3 Å². The average Bonchev–Trinajstić information content (AvgIpc) is 2.87. The summed E-state index contributed by atoms with van der Waals surface area (Å²) in [6, 6.07) is 6.29. The third-order valence-corrected chi connectivity index (χ3v) is 7.15. The molecular weight excluding hydrogens is 496 g/mol. The van der Waals surface area contributed by atoms with Crippen LogP contribution in [0.3, 0.4) is 0 Å². The van der Waals surface area contributed by atoms with Crippen LogP contribution in [-0.2, 0) is 4.79 Å². The molecule has 2 fully saturated rings. The molecule has 35 heavy (non-hydrogen) atoms. The van der Waals surface area contributed by atoms with E-state index in [9.17, 15) is 9.18 Å². The molecule has 1 amide bonds. The summed E-state index contributed by atoms with van der Waals surface area (Å²) < 4.78 is 26.2. The zero-order valence-corrected chi connectivity index (χ0v) is 20.5. The van der Waals surface area contributed by atoms with Crippen molar-refractivity contribution in [2.75, 3.05) is 32.1 Å². The molecule has 8 nitrogen and oxygen atoms in total. The largest absolute Gasteiger partial charge is 0.493 e. The Kier molecular flexibility index (Phi) is 6.82. The molecule has 184 valence electrons. The lowest BCUT2D eigenvalue weighted by Gasteiger charge is -2.41. The summed E-state index contributed by atoms with van der Waals surface area (Å²) in [6.07, 6.45) is 4.47. The normalized spacial score (nSPS) is 20.3. The van der Waals surface area contributed by atoms with Gasteiger partial charge < -0.3 is 20.1 Å². The van der Waals surface area contributed by atoms with Gasteiger partial charge in [0.1, 0.15) is 18.8 Å². The number of piperidine rings is 1. The number of methoxy groups -OCH3 is 1. The smallest absolute Gasteiger partial charge is 0.237 e. The highest BCUT2D eigenvalue weighted by molar-refractivity contribution is 6.42. The van der Waals surface area contributed by atoms with Crippen molar-refractivity contribution in [1.29, 1.82) is 0 Å². The molecule has 2 aromatic carbocycles. The molecule has 1 unspecified atom stereocenters. The lowest BCUT2D eigenvalue weighted by molar-refractivity contribution is -0.132. The van der Waals surface area contributed by atoms with Crippen LogP contribution in [0.2, 0.25) is 10.0 Å². The van der Waals surface area contributed by atoms with Crippen molar-refractivity contribution in [3.05, 3.63) is 46.5 Å². The Morgan fingerprint density at radius 3 is 2.91 bits per heavy atom. The van der Waals surface area contributed by atoms with Gasteiger partial charge in [0.15, 0.2) is 17.3 Å². The first-order valence-corrected chi connectivity index (χ1v) is 12.1. The van der Waals surface area contributed by atoms with E-state index in [2.05, 4.69) is 25.5 Å². The number of nitrogens with one attached hydrogen (secondary N) is 2. The molecule has 2 N–H and O–H groups in total. The van der Waals surface area contributed by atoms with Crippen LogP contribution in [0.25, 0.3) is 10.9 Å². The van der Waals surface area contributed by atoms with Crippen molar-refractivity contribution in [2.45, 2.75) is 31.3 Å². The minimum atomic E-state index is -0.677. The quantitative estimate of drug-likeness (QED) is 0.461. The summed E-state index contributed by atoms with van der Waals surface area (Å²) in [5, 5.41) is 6.57. The van der Waals surface area contributed by atoms with E-state index >= 15 is 0 Å². The summed E-state index contributed by atoms with van der Waals surface area (Å²) in [4.78, 5) is 23.3. The van der Waals surface area contributed by atoms with Crippen LogP contribution in [0.4, 0.5) is 15.9 Å². The summed E-state index contributed by atoms with van der Waals surface area (Å²) >= 11 is 11.8. The predicted molar refractivity (Wildman–Crippen MR) is 132 cm³/mol. The Bertz CT molecular complexity index is 1280. The number of anilines is 2. The molecule has 2 saturated heterocycles. The van der Waals surface area contributed by atoms with Crippen LogP contribution in [0.5, 0.6) is 11.5 Å². The second-order valence-electron chi connectivity index (χ2n) is 8.61. The second-order valence-corrected chi connectivity index (χ2v) is 9.40. The highest BCUT2D eigenvalue weighted by Gasteiger charge is 2.36. The number of rotatable bonds is 6. The third kappa shape index (κ3) is 4.80. The van der Waals surface area contributed by atoms with E-state index in [1.54, 1.807) is 12.1 Å². The lowest BCUT2D eigenvalue weighted by atomic mass is 9.98. The number of benzene rings is 2. The first-order chi connectivity index (χ1) is 16.9. The minimum absolute atomic E-state index is 0.0295. The second kappa shape index (κ2) is 10.0. The standard InChI is InChI=1S/C24H24Cl2FN5O3/c1-34-19-8-14-17(28-12-29-23(14)31-16-6-5-15(25)21(26)22(16)27)9-20(19)35-11-13-10-32-7-3-2-4-18(32)24(33)30-13/h5-6,8-9,12-13,18H,2-4,7,10-11H2,1H3,(H,30,33)(H,28,29,31)/t13?,18-/m1/s1. The van der Waals surface area contributed by atoms with Gasteiger partial charge in [-0.1, -0.05) is 29.6 Å². The van der Waals surface area contributed by atoms with Crippen molar-refractivity contribution in [1.82, 2.24) is 20.2 Å². The van der Waals surface area contributed by atoms with E-state index in [-0.39, 0.29) is 33.7 Å². The monoisotopic (exact) mass is 519 g/mol. The van der Waals surface area contributed by atoms with E-state index in [0.29, 0.717) is 34.8 Å². The zero-order chi connectivity index (χ0) is 24.5. The number of nitrogens with zero attached hydrogens (tertiary/aromatic N) is 3. The van der Waals surface area contributed by atoms with Crippen molar-refractivity contribution < 1.29 is 18.7 Å². The zero-order valence-electron chi connectivity index (χ0n) is 19.0. The Morgan fingerprint density at radius 2 is 2.09 bits per heavy atom. The highest BCUT2D eigenvalue weighted by atomic mass is 35.5. The Morgan fingerprint density at radius 1 is 1.23 bits per heavy atom. The number of carbonyl (C=O) groups excluding carboxylic acids is 1. The van der Waals surface area contributed by atoms with Gasteiger partial charge in [-0.3, -0.25) is 9.69 Å². The van der Waals surface area contributed by atoms with Gasteiger partial charge in [0.05, 0.1) is 40.4 Å². The van der Waals surface area contributed by atoms with E-state index < -0.39 is 5.82 Å². The fourth-order valence-corrected chi connectivity index (χ4v) is 4.91. The molecule has 1 aromatic heterocycles. The maximum atomic E-state index is 14.6. The molecule has 2 aliphatic rings. The van der Waals surface area contributed by atoms with Gasteiger partial charge in [-0.2, -0.15) is 0 Å². The lowest BCUT2D eigenvalue weighted by Crippen LogP contribution is -2.62. The first kappa shape index (κ1) is 23.8. The fourth-order valence-electron chi connectivity index (χ4n) is 4.60. The van der Waals surface area contributed by atoms with Crippen molar-refractivity contribution >= 4 is 51.5 Å². The highest BCUT2D eigenvalue weighted by Crippen LogP contribution is 2.36. The predicted octanol–water partition coefficient (Wildman–Crippen LogP) is 4.56. The van der Waals surface area contributed by atoms with Crippen molar-refractivity contribution in [2.24, 2.45) is 0 Å². The summed E-state index contributed by atoms with van der Waals surface area (Å²) in [5.41, 5.74) is 0.699. The number of piperazine rings is 1. The number of halogens is 3. The van der Waals surface area contributed by atoms with Crippen LogP contribution in [0, 0.1) is 5.82 Å². The molecule has 2 atom stereocenters. The number of amides is 1. The van der Waals surface area contributed by atoms with Gasteiger partial charge in [0.25, 0.3) is 0 Å². The van der Waals surface area contributed by atoms with Crippen LogP contribution >= 0.6 is 23.2 Å². The minimum Gasteiger partial charge on any atom is -0.493 e. The van der Waals surface area contributed by atoms with Gasteiger partial charge in [-0.15, -0.1) is 0 Å². The van der Waals surface area contributed by atoms with E-state index in [0.717, 1.165) is 32.4 Å². The molecule has 0 spiro atoms. The first-order valence-electron chi connectivity index (χ1n) is 11.3. The molecule has 0 bridgehead atoms. The third-order valence-electron chi connectivity index (χ3n) is 6.37. The molecule has 3 aromatic rings. The van der Waals surface area contributed by atoms with Gasteiger partial charge in [-0.25, -0.2) is 14.4 Å². The number of ether oxygens (including phenoxy) is 2. The number of carbonyl (C=O) groups is 1. The number of aromatic nitrogens is 2. The average molecular weight is 520 g/mol. The number of hydrogen-bond acceptors (Lipinski definition) is 7. The Balaban J connectivity index is 1.37. The molecule has 5 rings (SSSR count). The fraction of sp³-hybridized carbons (Fsp3) is 0.375. The van der Waals surface area contributed by atoms with E-state index in [1.807, 2.05) is 0 Å². The molecule has 3 heterocycles. The van der Waals surface area contributed by atoms with Gasteiger partial charge in [0.2, 0.25) is 5.91 Å². The molecule has 0 radical (unpaired) electrons. The molecule has 11 heteroatoms. The van der Waals surface area contributed by atoms with Gasteiger partial charge in [0, 0.05) is 18.0 Å². The SMILES string of the molecule is COc1cc2c(Nc3ccc(Cl)c(Cl)c3F)ncnc2cc1OCC1CN2CCCC[C@@H]2C(=O)N1. The summed E-state index contributed by atoms with van der Waals surface area (Å²) in [5.74, 6) is 0.701. The Hall–Kier alpha value is -2.88. The number of hydrogen-bond donors (Lipinski definition) is 2. The van der Waals surface area contributed by atoms with Crippen LogP contribution in [-0.4, -0.2) is 59.7 Å². The Labute approximate surface area is 211 Å². The van der Waals surface area contributed by atoms with Gasteiger partial charge in [-0.05, 0) is 37.6 Å². The van der Waals surface area contributed by atoms with Gasteiger partial charge >= 0.3 is 0 Å².